The second-order valence-corrected chi connectivity index (χ2v) is 6.27. The van der Waals surface area contributed by atoms with Crippen molar-refractivity contribution in [2.75, 3.05) is 26.3 Å². The first-order chi connectivity index (χ1) is 9.24. The summed E-state index contributed by atoms with van der Waals surface area (Å²) in [6.45, 7) is 3.42. The van der Waals surface area contributed by atoms with Crippen molar-refractivity contribution in [3.8, 4) is 0 Å². The van der Waals surface area contributed by atoms with E-state index in [9.17, 15) is 4.79 Å². The van der Waals surface area contributed by atoms with E-state index in [0.29, 0.717) is 5.92 Å². The molecule has 1 amide bonds. The molecule has 1 aromatic rings. The molecule has 0 saturated carbocycles. The molecule has 3 nitrogen and oxygen atoms in total. The number of carbonyl (C=O) groups excluding carboxylic acids is 1. The fraction of sp³-hybridized carbons (Fsp3) is 0.533. The third kappa shape index (κ3) is 2.84. The number of fused-ring (bicyclic) bond motifs is 1. The minimum Gasteiger partial charge on any atom is -0.381 e. The zero-order valence-corrected chi connectivity index (χ0v) is 12.5. The number of hydrogen-bond donors (Lipinski definition) is 0. The lowest BCUT2D eigenvalue weighted by Gasteiger charge is -2.33. The normalized spacial score (nSPS) is 20.5. The number of ether oxygens (including phenoxy) is 1. The molecule has 1 saturated heterocycles. The summed E-state index contributed by atoms with van der Waals surface area (Å²) >= 11 is 3.47. The number of nitrogens with zero attached hydrogens (tertiary/aromatic N) is 1. The zero-order valence-electron chi connectivity index (χ0n) is 10.9. The van der Waals surface area contributed by atoms with Crippen molar-refractivity contribution in [2.45, 2.75) is 19.3 Å². The molecule has 1 aromatic carbocycles. The Labute approximate surface area is 122 Å². The van der Waals surface area contributed by atoms with Gasteiger partial charge in [0, 0.05) is 36.3 Å². The van der Waals surface area contributed by atoms with Gasteiger partial charge in [-0.2, -0.15) is 0 Å². The lowest BCUT2D eigenvalue weighted by molar-refractivity contribution is 0.0449. The maximum Gasteiger partial charge on any atom is 0.254 e. The summed E-state index contributed by atoms with van der Waals surface area (Å²) < 4.78 is 6.43. The van der Waals surface area contributed by atoms with Crippen LogP contribution in [-0.4, -0.2) is 37.1 Å². The van der Waals surface area contributed by atoms with Crippen LogP contribution >= 0.6 is 15.9 Å². The minimum atomic E-state index is 0.195. The average molecular weight is 324 g/mol. The maximum absolute atomic E-state index is 12.5. The van der Waals surface area contributed by atoms with E-state index in [2.05, 4.69) is 22.0 Å². The highest BCUT2D eigenvalue weighted by molar-refractivity contribution is 9.10. The van der Waals surface area contributed by atoms with Crippen molar-refractivity contribution in [2.24, 2.45) is 5.92 Å². The molecule has 2 heterocycles. The van der Waals surface area contributed by atoms with Gasteiger partial charge in [-0.25, -0.2) is 0 Å². The number of hydrogen-bond acceptors (Lipinski definition) is 2. The second-order valence-electron chi connectivity index (χ2n) is 5.36. The summed E-state index contributed by atoms with van der Waals surface area (Å²) in [5.41, 5.74) is 2.05. The third-order valence-electron chi connectivity index (χ3n) is 4.06. The van der Waals surface area contributed by atoms with Gasteiger partial charge in [0.15, 0.2) is 0 Å². The molecule has 0 atom stereocenters. The number of carbonyl (C=O) groups is 1. The molecule has 0 N–H and O–H groups in total. The van der Waals surface area contributed by atoms with E-state index in [1.54, 1.807) is 0 Å². The highest BCUT2D eigenvalue weighted by atomic mass is 79.9. The second kappa shape index (κ2) is 5.63. The number of benzene rings is 1. The van der Waals surface area contributed by atoms with Crippen LogP contribution in [0.1, 0.15) is 28.8 Å². The highest BCUT2D eigenvalue weighted by Crippen LogP contribution is 2.25. The molecule has 0 aromatic heterocycles. The van der Waals surface area contributed by atoms with Gasteiger partial charge in [0.2, 0.25) is 0 Å². The van der Waals surface area contributed by atoms with Gasteiger partial charge in [-0.1, -0.05) is 15.9 Å². The van der Waals surface area contributed by atoms with Gasteiger partial charge in [0.1, 0.15) is 0 Å². The van der Waals surface area contributed by atoms with E-state index >= 15 is 0 Å². The molecule has 102 valence electrons. The predicted molar refractivity (Wildman–Crippen MR) is 77.3 cm³/mol. The van der Waals surface area contributed by atoms with E-state index in [0.717, 1.165) is 55.6 Å². The van der Waals surface area contributed by atoms with Gasteiger partial charge in [0.25, 0.3) is 5.91 Å². The molecule has 0 aliphatic carbocycles. The Balaban J connectivity index is 1.72. The molecule has 2 aliphatic rings. The van der Waals surface area contributed by atoms with Crippen LogP contribution in [0.15, 0.2) is 22.7 Å². The monoisotopic (exact) mass is 323 g/mol. The Morgan fingerprint density at radius 2 is 2.11 bits per heavy atom. The Bertz CT molecular complexity index is 483. The summed E-state index contributed by atoms with van der Waals surface area (Å²) in [7, 11) is 0. The first-order valence-electron chi connectivity index (χ1n) is 6.89. The smallest absolute Gasteiger partial charge is 0.254 e. The van der Waals surface area contributed by atoms with Crippen LogP contribution in [0.2, 0.25) is 0 Å². The molecule has 2 aliphatic heterocycles. The molecule has 4 heteroatoms. The summed E-state index contributed by atoms with van der Waals surface area (Å²) in [5, 5.41) is 0. The van der Waals surface area contributed by atoms with Crippen LogP contribution in [0.25, 0.3) is 0 Å². The number of amides is 1. The molecule has 3 rings (SSSR count). The minimum absolute atomic E-state index is 0.195. The Morgan fingerprint density at radius 3 is 2.89 bits per heavy atom. The predicted octanol–water partition coefficient (Wildman–Crippen LogP) is 2.87. The van der Waals surface area contributed by atoms with E-state index in [1.165, 1.54) is 5.56 Å². The average Bonchev–Trinajstić information content (AvgIpc) is 2.43. The standard InChI is InChI=1S/C15H18BrNO2/c16-13-1-2-14-12(9-13)3-6-17(15(14)18)10-11-4-7-19-8-5-11/h1-2,9,11H,3-8,10H2. The van der Waals surface area contributed by atoms with Gasteiger partial charge in [0.05, 0.1) is 0 Å². The number of rotatable bonds is 2. The van der Waals surface area contributed by atoms with Crippen LogP contribution in [0, 0.1) is 5.92 Å². The lowest BCUT2D eigenvalue weighted by atomic mass is 9.95. The quantitative estimate of drug-likeness (QED) is 0.837. The third-order valence-corrected chi connectivity index (χ3v) is 4.55. The maximum atomic E-state index is 12.5. The van der Waals surface area contributed by atoms with Crippen LogP contribution < -0.4 is 0 Å². The zero-order chi connectivity index (χ0) is 13.2. The van der Waals surface area contributed by atoms with Crippen molar-refractivity contribution in [1.82, 2.24) is 4.90 Å². The number of halogens is 1. The molecule has 0 unspecified atom stereocenters. The molecule has 19 heavy (non-hydrogen) atoms. The summed E-state index contributed by atoms with van der Waals surface area (Å²) in [5.74, 6) is 0.801. The SMILES string of the molecule is O=C1c2ccc(Br)cc2CCN1CC1CCOCC1. The first kappa shape index (κ1) is 13.1. The Kier molecular flexibility index (Phi) is 3.89. The molecule has 1 fully saturated rings. The summed E-state index contributed by atoms with van der Waals surface area (Å²) in [6, 6.07) is 5.96. The molecule has 0 bridgehead atoms. The van der Waals surface area contributed by atoms with E-state index in [1.807, 2.05) is 17.0 Å². The van der Waals surface area contributed by atoms with Gasteiger partial charge < -0.3 is 9.64 Å². The first-order valence-corrected chi connectivity index (χ1v) is 7.69. The summed E-state index contributed by atoms with van der Waals surface area (Å²) in [4.78, 5) is 14.5. The van der Waals surface area contributed by atoms with Crippen molar-refractivity contribution in [3.63, 3.8) is 0 Å². The van der Waals surface area contributed by atoms with E-state index in [4.69, 9.17) is 4.74 Å². The molecule has 0 spiro atoms. The van der Waals surface area contributed by atoms with Crippen molar-refractivity contribution in [1.29, 1.82) is 0 Å². The fourth-order valence-corrected chi connectivity index (χ4v) is 3.33. The van der Waals surface area contributed by atoms with Crippen LogP contribution in [0.4, 0.5) is 0 Å². The molecular weight excluding hydrogens is 306 g/mol. The van der Waals surface area contributed by atoms with Gasteiger partial charge in [-0.05, 0) is 48.9 Å². The van der Waals surface area contributed by atoms with Crippen LogP contribution in [0.5, 0.6) is 0 Å². The largest absolute Gasteiger partial charge is 0.381 e. The van der Waals surface area contributed by atoms with E-state index in [-0.39, 0.29) is 5.91 Å². The van der Waals surface area contributed by atoms with Crippen LogP contribution in [-0.2, 0) is 11.2 Å². The molecular formula is C15H18BrNO2. The van der Waals surface area contributed by atoms with Gasteiger partial charge in [-0.15, -0.1) is 0 Å². The van der Waals surface area contributed by atoms with Crippen molar-refractivity contribution < 1.29 is 9.53 Å². The highest BCUT2D eigenvalue weighted by Gasteiger charge is 2.27. The Morgan fingerprint density at radius 1 is 1.32 bits per heavy atom. The lowest BCUT2D eigenvalue weighted by Crippen LogP contribution is -2.41. The van der Waals surface area contributed by atoms with E-state index < -0.39 is 0 Å². The fourth-order valence-electron chi connectivity index (χ4n) is 2.92. The molecule has 0 radical (unpaired) electrons. The van der Waals surface area contributed by atoms with Crippen LogP contribution in [0.3, 0.4) is 0 Å². The van der Waals surface area contributed by atoms with Crippen molar-refractivity contribution in [3.05, 3.63) is 33.8 Å². The Hall–Kier alpha value is -0.870. The van der Waals surface area contributed by atoms with Crippen molar-refractivity contribution >= 4 is 21.8 Å². The van der Waals surface area contributed by atoms with Gasteiger partial charge in [-0.3, -0.25) is 4.79 Å². The van der Waals surface area contributed by atoms with Gasteiger partial charge >= 0.3 is 0 Å². The topological polar surface area (TPSA) is 29.5 Å². The summed E-state index contributed by atoms with van der Waals surface area (Å²) in [6.07, 6.45) is 3.12.